The summed E-state index contributed by atoms with van der Waals surface area (Å²) < 4.78 is 10.3. The molecule has 1 heterocycles. The molecule has 1 saturated heterocycles. The SMILES string of the molecule is COCCOCCCN1C(=O)C2(CC2)NC1C. The number of methoxy groups -OCH3 is 1. The van der Waals surface area contributed by atoms with Crippen molar-refractivity contribution < 1.29 is 14.3 Å². The Balaban J connectivity index is 1.64. The molecule has 1 N–H and O–H groups in total. The Hall–Kier alpha value is -0.650. The van der Waals surface area contributed by atoms with Crippen LogP contribution in [0.1, 0.15) is 26.2 Å². The Morgan fingerprint density at radius 2 is 2.18 bits per heavy atom. The first kappa shape index (κ1) is 12.8. The first-order valence-corrected chi connectivity index (χ1v) is 6.35. The molecule has 0 aromatic heterocycles. The molecule has 2 aliphatic rings. The molecule has 2 fully saturated rings. The molecule has 98 valence electrons. The zero-order chi connectivity index (χ0) is 12.3. The number of nitrogens with zero attached hydrogens (tertiary/aromatic N) is 1. The summed E-state index contributed by atoms with van der Waals surface area (Å²) in [5.74, 6) is 0.280. The second-order valence-corrected chi connectivity index (χ2v) is 4.86. The van der Waals surface area contributed by atoms with Crippen LogP contribution in [0.3, 0.4) is 0 Å². The predicted octanol–water partition coefficient (Wildman–Crippen LogP) is 0.350. The average Bonchev–Trinajstić information content (AvgIpc) is 3.03. The van der Waals surface area contributed by atoms with Gasteiger partial charge in [-0.25, -0.2) is 0 Å². The number of nitrogens with one attached hydrogen (secondary N) is 1. The van der Waals surface area contributed by atoms with E-state index in [-0.39, 0.29) is 17.6 Å². The van der Waals surface area contributed by atoms with Crippen molar-refractivity contribution >= 4 is 5.91 Å². The Bertz CT molecular complexity index is 279. The van der Waals surface area contributed by atoms with E-state index in [0.29, 0.717) is 19.8 Å². The van der Waals surface area contributed by atoms with Gasteiger partial charge >= 0.3 is 0 Å². The number of hydrogen-bond acceptors (Lipinski definition) is 4. The molecular weight excluding hydrogens is 220 g/mol. The molecule has 1 aliphatic heterocycles. The van der Waals surface area contributed by atoms with Crippen molar-refractivity contribution in [2.45, 2.75) is 37.9 Å². The molecule has 1 saturated carbocycles. The van der Waals surface area contributed by atoms with Crippen molar-refractivity contribution in [2.24, 2.45) is 0 Å². The molecule has 5 heteroatoms. The molecule has 1 aliphatic carbocycles. The van der Waals surface area contributed by atoms with Crippen molar-refractivity contribution in [3.63, 3.8) is 0 Å². The van der Waals surface area contributed by atoms with Crippen molar-refractivity contribution in [1.82, 2.24) is 10.2 Å². The number of carbonyl (C=O) groups is 1. The lowest BCUT2D eigenvalue weighted by atomic mass is 10.2. The van der Waals surface area contributed by atoms with Crippen LogP contribution in [-0.4, -0.2) is 56.0 Å². The third kappa shape index (κ3) is 2.78. The Morgan fingerprint density at radius 3 is 2.76 bits per heavy atom. The Kier molecular flexibility index (Phi) is 4.01. The quantitative estimate of drug-likeness (QED) is 0.655. The summed E-state index contributed by atoms with van der Waals surface area (Å²) in [6.07, 6.45) is 3.05. The lowest BCUT2D eigenvalue weighted by Crippen LogP contribution is -2.35. The maximum absolute atomic E-state index is 12.1. The number of ether oxygens (including phenoxy) is 2. The molecule has 2 rings (SSSR count). The lowest BCUT2D eigenvalue weighted by Gasteiger charge is -2.20. The van der Waals surface area contributed by atoms with Crippen LogP contribution >= 0.6 is 0 Å². The first-order chi connectivity index (χ1) is 8.19. The Morgan fingerprint density at radius 1 is 1.41 bits per heavy atom. The van der Waals surface area contributed by atoms with Gasteiger partial charge in [-0.1, -0.05) is 0 Å². The molecule has 0 radical (unpaired) electrons. The smallest absolute Gasteiger partial charge is 0.244 e. The number of amides is 1. The monoisotopic (exact) mass is 242 g/mol. The van der Waals surface area contributed by atoms with E-state index in [0.717, 1.165) is 25.8 Å². The minimum Gasteiger partial charge on any atom is -0.382 e. The van der Waals surface area contributed by atoms with E-state index < -0.39 is 0 Å². The van der Waals surface area contributed by atoms with Gasteiger partial charge in [-0.05, 0) is 26.2 Å². The summed E-state index contributed by atoms with van der Waals surface area (Å²) in [7, 11) is 1.66. The van der Waals surface area contributed by atoms with Crippen molar-refractivity contribution in [3.05, 3.63) is 0 Å². The van der Waals surface area contributed by atoms with Crippen LogP contribution < -0.4 is 5.32 Å². The van der Waals surface area contributed by atoms with Crippen LogP contribution in [0, 0.1) is 0 Å². The molecule has 1 atom stereocenters. The average molecular weight is 242 g/mol. The van der Waals surface area contributed by atoms with Crippen molar-refractivity contribution in [1.29, 1.82) is 0 Å². The number of hydrogen-bond donors (Lipinski definition) is 1. The van der Waals surface area contributed by atoms with Crippen LogP contribution in [0.2, 0.25) is 0 Å². The molecular formula is C12H22N2O3. The van der Waals surface area contributed by atoms with E-state index in [1.807, 2.05) is 4.90 Å². The zero-order valence-electron chi connectivity index (χ0n) is 10.7. The molecule has 1 spiro atoms. The maximum atomic E-state index is 12.1. The largest absolute Gasteiger partial charge is 0.382 e. The highest BCUT2D eigenvalue weighted by Gasteiger charge is 2.57. The summed E-state index contributed by atoms with van der Waals surface area (Å²) in [6, 6.07) is 0. The van der Waals surface area contributed by atoms with E-state index in [2.05, 4.69) is 12.2 Å². The van der Waals surface area contributed by atoms with Gasteiger partial charge in [0.25, 0.3) is 0 Å². The second-order valence-electron chi connectivity index (χ2n) is 4.86. The summed E-state index contributed by atoms with van der Waals surface area (Å²) >= 11 is 0. The van der Waals surface area contributed by atoms with E-state index >= 15 is 0 Å². The fourth-order valence-corrected chi connectivity index (χ4v) is 2.35. The second kappa shape index (κ2) is 5.33. The highest BCUT2D eigenvalue weighted by atomic mass is 16.5. The number of rotatable bonds is 7. The van der Waals surface area contributed by atoms with Crippen LogP contribution in [0.5, 0.6) is 0 Å². The van der Waals surface area contributed by atoms with E-state index in [1.54, 1.807) is 7.11 Å². The summed E-state index contributed by atoms with van der Waals surface area (Å²) in [6.45, 7) is 4.78. The van der Waals surface area contributed by atoms with Gasteiger partial charge in [-0.2, -0.15) is 0 Å². The van der Waals surface area contributed by atoms with E-state index in [1.165, 1.54) is 0 Å². The molecule has 5 nitrogen and oxygen atoms in total. The fraction of sp³-hybridized carbons (Fsp3) is 0.917. The minimum atomic E-state index is -0.184. The molecule has 0 bridgehead atoms. The molecule has 0 aromatic rings. The topological polar surface area (TPSA) is 50.8 Å². The normalized spacial score (nSPS) is 25.9. The van der Waals surface area contributed by atoms with E-state index in [4.69, 9.17) is 9.47 Å². The summed E-state index contributed by atoms with van der Waals surface area (Å²) in [5, 5.41) is 3.38. The lowest BCUT2D eigenvalue weighted by molar-refractivity contribution is -0.130. The zero-order valence-corrected chi connectivity index (χ0v) is 10.7. The highest BCUT2D eigenvalue weighted by molar-refractivity contribution is 5.91. The molecule has 0 aromatic carbocycles. The summed E-state index contributed by atoms with van der Waals surface area (Å²) in [5.41, 5.74) is -0.184. The predicted molar refractivity (Wildman–Crippen MR) is 63.6 cm³/mol. The van der Waals surface area contributed by atoms with Crippen molar-refractivity contribution in [2.75, 3.05) is 33.5 Å². The third-order valence-electron chi connectivity index (χ3n) is 3.49. The third-order valence-corrected chi connectivity index (χ3v) is 3.49. The van der Waals surface area contributed by atoms with Gasteiger partial charge in [-0.3, -0.25) is 10.1 Å². The molecule has 17 heavy (non-hydrogen) atoms. The molecule has 1 unspecified atom stereocenters. The minimum absolute atomic E-state index is 0.170. The number of carbonyl (C=O) groups excluding carboxylic acids is 1. The molecule has 1 amide bonds. The Labute approximate surface area is 102 Å². The summed E-state index contributed by atoms with van der Waals surface area (Å²) in [4.78, 5) is 14.0. The van der Waals surface area contributed by atoms with Crippen LogP contribution in [0.15, 0.2) is 0 Å². The van der Waals surface area contributed by atoms with Gasteiger partial charge in [0.2, 0.25) is 5.91 Å². The highest BCUT2D eigenvalue weighted by Crippen LogP contribution is 2.41. The maximum Gasteiger partial charge on any atom is 0.244 e. The van der Waals surface area contributed by atoms with Gasteiger partial charge in [0.15, 0.2) is 0 Å². The van der Waals surface area contributed by atoms with Crippen LogP contribution in [0.4, 0.5) is 0 Å². The first-order valence-electron chi connectivity index (χ1n) is 6.35. The van der Waals surface area contributed by atoms with Gasteiger partial charge < -0.3 is 14.4 Å². The van der Waals surface area contributed by atoms with Gasteiger partial charge in [0.1, 0.15) is 0 Å². The standard InChI is InChI=1S/C12H22N2O3/c1-10-13-12(4-5-12)11(15)14(10)6-3-7-17-9-8-16-2/h10,13H,3-9H2,1-2H3. The van der Waals surface area contributed by atoms with Gasteiger partial charge in [0.05, 0.1) is 24.9 Å². The fourth-order valence-electron chi connectivity index (χ4n) is 2.35. The van der Waals surface area contributed by atoms with Crippen molar-refractivity contribution in [3.8, 4) is 0 Å². The van der Waals surface area contributed by atoms with Crippen LogP contribution in [0.25, 0.3) is 0 Å². The van der Waals surface area contributed by atoms with Crippen LogP contribution in [-0.2, 0) is 14.3 Å². The van der Waals surface area contributed by atoms with E-state index in [9.17, 15) is 4.79 Å². The van der Waals surface area contributed by atoms with Gasteiger partial charge in [0, 0.05) is 20.3 Å². The van der Waals surface area contributed by atoms with Gasteiger partial charge in [-0.15, -0.1) is 0 Å².